The number of benzene rings is 2. The minimum Gasteiger partial charge on any atom is -0.416 e. The largest absolute Gasteiger partial charge is 0.416 e. The normalized spacial score (nSPS) is 10.8. The van der Waals surface area contributed by atoms with Gasteiger partial charge in [0.1, 0.15) is 0 Å². The van der Waals surface area contributed by atoms with E-state index in [1.165, 1.54) is 4.88 Å². The number of aryl methyl sites for hydroxylation is 1. The number of amides is 1. The first kappa shape index (κ1) is 20.4. The minimum atomic E-state index is -0.0793. The molecule has 1 amide bonds. The first-order chi connectivity index (χ1) is 14.7. The van der Waals surface area contributed by atoms with Crippen molar-refractivity contribution >= 4 is 29.0 Å². The predicted octanol–water partition coefficient (Wildman–Crippen LogP) is 5.44. The Morgan fingerprint density at radius 3 is 2.60 bits per heavy atom. The van der Waals surface area contributed by atoms with Gasteiger partial charge in [-0.3, -0.25) is 4.79 Å². The van der Waals surface area contributed by atoms with Crippen LogP contribution >= 0.6 is 23.1 Å². The molecular weight excluding hydrogens is 414 g/mol. The summed E-state index contributed by atoms with van der Waals surface area (Å²) in [7, 11) is 0. The maximum atomic E-state index is 12.3. The molecule has 30 heavy (non-hydrogen) atoms. The first-order valence-electron chi connectivity index (χ1n) is 9.59. The van der Waals surface area contributed by atoms with Gasteiger partial charge in [0, 0.05) is 39.6 Å². The van der Waals surface area contributed by atoms with Crippen molar-refractivity contribution in [1.29, 1.82) is 0 Å². The van der Waals surface area contributed by atoms with Crippen LogP contribution in [0.2, 0.25) is 0 Å². The van der Waals surface area contributed by atoms with E-state index in [4.69, 9.17) is 4.42 Å². The standard InChI is InChI=1S/C23H21N3O2S2/c1-16-5-2-3-7-20(16)23-26-25-22(28-23)18-10-8-17(9-11-18)21(27)24-12-14-29-15-19-6-4-13-30-19/h2-11,13H,12,14-15H2,1H3,(H,24,27). The Labute approximate surface area is 183 Å². The highest BCUT2D eigenvalue weighted by Crippen LogP contribution is 2.26. The van der Waals surface area contributed by atoms with Gasteiger partial charge in [-0.15, -0.1) is 21.5 Å². The predicted molar refractivity (Wildman–Crippen MR) is 123 cm³/mol. The van der Waals surface area contributed by atoms with Crippen LogP contribution in [0.3, 0.4) is 0 Å². The summed E-state index contributed by atoms with van der Waals surface area (Å²) in [6, 6.07) is 19.3. The number of thiophene rings is 1. The maximum Gasteiger partial charge on any atom is 0.251 e. The summed E-state index contributed by atoms with van der Waals surface area (Å²) in [4.78, 5) is 13.7. The van der Waals surface area contributed by atoms with E-state index in [2.05, 4.69) is 33.0 Å². The molecule has 0 atom stereocenters. The molecule has 4 aromatic rings. The van der Waals surface area contributed by atoms with E-state index in [1.54, 1.807) is 23.5 Å². The van der Waals surface area contributed by atoms with Gasteiger partial charge in [0.25, 0.3) is 5.91 Å². The molecule has 152 valence electrons. The molecule has 0 spiro atoms. The van der Waals surface area contributed by atoms with E-state index in [0.717, 1.165) is 28.2 Å². The van der Waals surface area contributed by atoms with Gasteiger partial charge >= 0.3 is 0 Å². The minimum absolute atomic E-state index is 0.0793. The fourth-order valence-electron chi connectivity index (χ4n) is 2.93. The smallest absolute Gasteiger partial charge is 0.251 e. The molecular formula is C23H21N3O2S2. The molecule has 1 N–H and O–H groups in total. The van der Waals surface area contributed by atoms with Crippen LogP contribution in [0, 0.1) is 6.92 Å². The molecule has 0 fully saturated rings. The number of aromatic nitrogens is 2. The molecule has 0 aliphatic carbocycles. The van der Waals surface area contributed by atoms with E-state index in [9.17, 15) is 4.79 Å². The van der Waals surface area contributed by atoms with Gasteiger partial charge in [0.2, 0.25) is 11.8 Å². The molecule has 0 saturated carbocycles. The van der Waals surface area contributed by atoms with Crippen molar-refractivity contribution in [2.24, 2.45) is 0 Å². The number of hydrogen-bond donors (Lipinski definition) is 1. The molecule has 0 aliphatic heterocycles. The molecule has 0 bridgehead atoms. The second kappa shape index (κ2) is 9.73. The SMILES string of the molecule is Cc1ccccc1-c1nnc(-c2ccc(C(=O)NCCSCc3cccs3)cc2)o1. The van der Waals surface area contributed by atoms with Crippen molar-refractivity contribution in [2.45, 2.75) is 12.7 Å². The molecule has 2 aromatic heterocycles. The zero-order chi connectivity index (χ0) is 20.8. The van der Waals surface area contributed by atoms with Crippen molar-refractivity contribution in [2.75, 3.05) is 12.3 Å². The van der Waals surface area contributed by atoms with Gasteiger partial charge in [-0.05, 0) is 54.3 Å². The van der Waals surface area contributed by atoms with Crippen LogP contribution < -0.4 is 5.32 Å². The van der Waals surface area contributed by atoms with Crippen LogP contribution in [0.4, 0.5) is 0 Å². The Bertz CT molecular complexity index is 1110. The van der Waals surface area contributed by atoms with Gasteiger partial charge in [-0.25, -0.2) is 0 Å². The Kier molecular flexibility index (Phi) is 6.61. The van der Waals surface area contributed by atoms with Crippen LogP contribution in [0.25, 0.3) is 22.9 Å². The molecule has 0 radical (unpaired) electrons. The average molecular weight is 436 g/mol. The maximum absolute atomic E-state index is 12.3. The summed E-state index contributed by atoms with van der Waals surface area (Å²) in [6.07, 6.45) is 0. The van der Waals surface area contributed by atoms with Crippen LogP contribution in [0.15, 0.2) is 70.5 Å². The second-order valence-corrected chi connectivity index (χ2v) is 8.83. The third-order valence-electron chi connectivity index (χ3n) is 4.55. The Balaban J connectivity index is 1.31. The van der Waals surface area contributed by atoms with Gasteiger partial charge in [-0.1, -0.05) is 24.3 Å². The summed E-state index contributed by atoms with van der Waals surface area (Å²) in [5, 5.41) is 13.4. The lowest BCUT2D eigenvalue weighted by Gasteiger charge is -2.05. The number of carbonyl (C=O) groups is 1. The molecule has 0 saturated heterocycles. The Hall–Kier alpha value is -2.90. The average Bonchev–Trinajstić information content (AvgIpc) is 3.46. The zero-order valence-electron chi connectivity index (χ0n) is 16.5. The van der Waals surface area contributed by atoms with Crippen LogP contribution in [-0.2, 0) is 5.75 Å². The van der Waals surface area contributed by atoms with E-state index in [-0.39, 0.29) is 5.91 Å². The van der Waals surface area contributed by atoms with Crippen molar-refractivity contribution < 1.29 is 9.21 Å². The highest BCUT2D eigenvalue weighted by Gasteiger charge is 2.13. The van der Waals surface area contributed by atoms with E-state index in [0.29, 0.717) is 23.9 Å². The Morgan fingerprint density at radius 2 is 1.83 bits per heavy atom. The number of carbonyl (C=O) groups excluding carboxylic acids is 1. The lowest BCUT2D eigenvalue weighted by molar-refractivity contribution is 0.0956. The number of thioether (sulfide) groups is 1. The van der Waals surface area contributed by atoms with Crippen molar-refractivity contribution in [3.05, 3.63) is 82.0 Å². The molecule has 0 aliphatic rings. The van der Waals surface area contributed by atoms with Crippen LogP contribution in [0.5, 0.6) is 0 Å². The monoisotopic (exact) mass is 435 g/mol. The number of nitrogens with zero attached hydrogens (tertiary/aromatic N) is 2. The van der Waals surface area contributed by atoms with E-state index >= 15 is 0 Å². The third kappa shape index (κ3) is 4.98. The zero-order valence-corrected chi connectivity index (χ0v) is 18.1. The highest BCUT2D eigenvalue weighted by molar-refractivity contribution is 7.98. The van der Waals surface area contributed by atoms with Gasteiger partial charge in [0.05, 0.1) is 0 Å². The molecule has 4 rings (SSSR count). The van der Waals surface area contributed by atoms with Gasteiger partial charge < -0.3 is 9.73 Å². The highest BCUT2D eigenvalue weighted by atomic mass is 32.2. The van der Waals surface area contributed by atoms with Crippen molar-refractivity contribution in [3.63, 3.8) is 0 Å². The lowest BCUT2D eigenvalue weighted by atomic mass is 10.1. The topological polar surface area (TPSA) is 68.0 Å². The fourth-order valence-corrected chi connectivity index (χ4v) is 4.63. The third-order valence-corrected chi connectivity index (χ3v) is 6.62. The molecule has 5 nitrogen and oxygen atoms in total. The summed E-state index contributed by atoms with van der Waals surface area (Å²) < 4.78 is 5.83. The molecule has 7 heteroatoms. The van der Waals surface area contributed by atoms with Crippen molar-refractivity contribution in [3.8, 4) is 22.9 Å². The first-order valence-corrected chi connectivity index (χ1v) is 11.6. The molecule has 2 aromatic carbocycles. The fraction of sp³-hybridized carbons (Fsp3) is 0.174. The van der Waals surface area contributed by atoms with Gasteiger partial charge in [-0.2, -0.15) is 11.8 Å². The summed E-state index contributed by atoms with van der Waals surface area (Å²) in [5.41, 5.74) is 3.39. The molecule has 0 unspecified atom stereocenters. The lowest BCUT2D eigenvalue weighted by Crippen LogP contribution is -2.25. The van der Waals surface area contributed by atoms with E-state index in [1.807, 2.05) is 55.1 Å². The quantitative estimate of drug-likeness (QED) is 0.374. The van der Waals surface area contributed by atoms with E-state index < -0.39 is 0 Å². The second-order valence-electron chi connectivity index (χ2n) is 6.69. The summed E-state index contributed by atoms with van der Waals surface area (Å²) >= 11 is 3.58. The number of rotatable bonds is 8. The van der Waals surface area contributed by atoms with Crippen molar-refractivity contribution in [1.82, 2.24) is 15.5 Å². The van der Waals surface area contributed by atoms with Crippen LogP contribution in [-0.4, -0.2) is 28.4 Å². The summed E-state index contributed by atoms with van der Waals surface area (Å²) in [6.45, 7) is 2.65. The molecule has 2 heterocycles. The van der Waals surface area contributed by atoms with Crippen LogP contribution in [0.1, 0.15) is 20.8 Å². The number of hydrogen-bond acceptors (Lipinski definition) is 6. The Morgan fingerprint density at radius 1 is 1.03 bits per heavy atom. The number of nitrogens with one attached hydrogen (secondary N) is 1. The van der Waals surface area contributed by atoms with Gasteiger partial charge in [0.15, 0.2) is 0 Å². The summed E-state index contributed by atoms with van der Waals surface area (Å²) in [5.74, 6) is 2.71.